The maximum Gasteiger partial charge on any atom is 0.337 e. The summed E-state index contributed by atoms with van der Waals surface area (Å²) in [5, 5.41) is 21.9. The van der Waals surface area contributed by atoms with Crippen LogP contribution in [0, 0.1) is 0 Å². The van der Waals surface area contributed by atoms with Gasteiger partial charge in [-0.05, 0) is 35.9 Å². The number of phenolic OH excluding ortho intramolecular Hbond substituents is 1. The summed E-state index contributed by atoms with van der Waals surface area (Å²) in [6.45, 7) is 0. The van der Waals surface area contributed by atoms with Crippen LogP contribution in [-0.2, 0) is 10.5 Å². The van der Waals surface area contributed by atoms with Crippen molar-refractivity contribution in [3.63, 3.8) is 0 Å². The highest BCUT2D eigenvalue weighted by atomic mass is 35.5. The van der Waals surface area contributed by atoms with Crippen LogP contribution in [0.1, 0.15) is 15.9 Å². The lowest BCUT2D eigenvalue weighted by Crippen LogP contribution is -2.16. The van der Waals surface area contributed by atoms with E-state index < -0.39 is 5.97 Å². The minimum Gasteiger partial charge on any atom is -0.508 e. The van der Waals surface area contributed by atoms with Gasteiger partial charge in [-0.3, -0.25) is 4.79 Å². The van der Waals surface area contributed by atoms with Gasteiger partial charge in [0.05, 0.1) is 27.0 Å². The zero-order valence-electron chi connectivity index (χ0n) is 12.3. The summed E-state index contributed by atoms with van der Waals surface area (Å²) in [7, 11) is 0. The highest BCUT2D eigenvalue weighted by Crippen LogP contribution is 2.25. The lowest BCUT2D eigenvalue weighted by Gasteiger charge is -2.09. The molecule has 3 N–H and O–H groups in total. The van der Waals surface area contributed by atoms with E-state index in [0.29, 0.717) is 15.8 Å². The van der Waals surface area contributed by atoms with Crippen molar-refractivity contribution >= 4 is 52.5 Å². The molecule has 2 aromatic rings. The number of rotatable bonds is 6. The number of anilines is 1. The molecule has 0 atom stereocenters. The van der Waals surface area contributed by atoms with Crippen LogP contribution in [0.25, 0.3) is 0 Å². The number of nitrogens with one attached hydrogen (secondary N) is 1. The average Bonchev–Trinajstić information content (AvgIpc) is 2.52. The first-order chi connectivity index (χ1) is 11.4. The lowest BCUT2D eigenvalue weighted by atomic mass is 10.1. The van der Waals surface area contributed by atoms with E-state index >= 15 is 0 Å². The van der Waals surface area contributed by atoms with Crippen LogP contribution < -0.4 is 5.32 Å². The molecule has 0 fully saturated rings. The van der Waals surface area contributed by atoms with Gasteiger partial charge in [-0.25, -0.2) is 4.79 Å². The van der Waals surface area contributed by atoms with Gasteiger partial charge in [0.25, 0.3) is 0 Å². The van der Waals surface area contributed by atoms with Crippen molar-refractivity contribution in [2.45, 2.75) is 5.75 Å². The van der Waals surface area contributed by atoms with E-state index in [1.165, 1.54) is 23.9 Å². The molecule has 0 spiro atoms. The Morgan fingerprint density at radius 3 is 2.50 bits per heavy atom. The second kappa shape index (κ2) is 8.28. The molecule has 0 unspecified atom stereocenters. The third-order valence-corrected chi connectivity index (χ3v) is 4.74. The number of benzene rings is 2. The monoisotopic (exact) mass is 385 g/mol. The zero-order chi connectivity index (χ0) is 17.7. The van der Waals surface area contributed by atoms with E-state index in [4.69, 9.17) is 28.3 Å². The van der Waals surface area contributed by atoms with E-state index in [2.05, 4.69) is 5.32 Å². The predicted octanol–water partition coefficient (Wildman–Crippen LogP) is 4.27. The van der Waals surface area contributed by atoms with E-state index in [-0.39, 0.29) is 28.7 Å². The number of halogens is 2. The molecule has 0 aliphatic rings. The second-order valence-electron chi connectivity index (χ2n) is 4.82. The van der Waals surface area contributed by atoms with Crippen molar-refractivity contribution < 1.29 is 19.8 Å². The normalized spacial score (nSPS) is 10.4. The number of carboxylic acids is 1. The number of hydrogen-bond acceptors (Lipinski definition) is 4. The van der Waals surface area contributed by atoms with Crippen molar-refractivity contribution in [3.05, 3.63) is 57.6 Å². The molecule has 0 aliphatic heterocycles. The molecule has 0 aromatic heterocycles. The first-order valence-electron chi connectivity index (χ1n) is 6.74. The van der Waals surface area contributed by atoms with Gasteiger partial charge in [-0.2, -0.15) is 0 Å². The molecule has 24 heavy (non-hydrogen) atoms. The average molecular weight is 386 g/mol. The predicted molar refractivity (Wildman–Crippen MR) is 96.3 cm³/mol. The van der Waals surface area contributed by atoms with Crippen LogP contribution in [0.4, 0.5) is 5.69 Å². The smallest absolute Gasteiger partial charge is 0.337 e. The highest BCUT2D eigenvalue weighted by Gasteiger charge is 2.13. The number of aromatic carboxylic acids is 1. The molecule has 1 amide bonds. The number of thioether (sulfide) groups is 1. The first-order valence-corrected chi connectivity index (χ1v) is 8.65. The largest absolute Gasteiger partial charge is 0.508 e. The summed E-state index contributed by atoms with van der Waals surface area (Å²) >= 11 is 13.1. The van der Waals surface area contributed by atoms with Gasteiger partial charge in [0.1, 0.15) is 5.75 Å². The van der Waals surface area contributed by atoms with Crippen molar-refractivity contribution in [1.82, 2.24) is 0 Å². The Balaban J connectivity index is 1.92. The molecule has 2 rings (SSSR count). The minimum absolute atomic E-state index is 0.139. The molecule has 0 bridgehead atoms. The number of amides is 1. The molecule has 0 heterocycles. The Morgan fingerprint density at radius 2 is 1.83 bits per heavy atom. The number of aromatic hydroxyl groups is 1. The SMILES string of the molecule is O=C(CSCc1ccc(Cl)c(Cl)c1)Nc1ccc(O)cc1C(=O)O. The molecule has 0 radical (unpaired) electrons. The minimum atomic E-state index is -1.23. The maximum absolute atomic E-state index is 11.9. The van der Waals surface area contributed by atoms with E-state index in [1.807, 2.05) is 6.07 Å². The van der Waals surface area contributed by atoms with Crippen molar-refractivity contribution in [2.24, 2.45) is 0 Å². The van der Waals surface area contributed by atoms with Gasteiger partial charge in [0.2, 0.25) is 5.91 Å². The van der Waals surface area contributed by atoms with Gasteiger partial charge < -0.3 is 15.5 Å². The van der Waals surface area contributed by atoms with Crippen molar-refractivity contribution in [3.8, 4) is 5.75 Å². The topological polar surface area (TPSA) is 86.6 Å². The van der Waals surface area contributed by atoms with Crippen LogP contribution in [0.5, 0.6) is 5.75 Å². The Kier molecular flexibility index (Phi) is 6.36. The van der Waals surface area contributed by atoms with Gasteiger partial charge in [0, 0.05) is 5.75 Å². The van der Waals surface area contributed by atoms with Gasteiger partial charge in [-0.15, -0.1) is 11.8 Å². The number of carboxylic acid groups (broad SMARTS) is 1. The fourth-order valence-corrected chi connectivity index (χ4v) is 2.99. The molecule has 2 aromatic carbocycles. The summed E-state index contributed by atoms with van der Waals surface area (Å²) < 4.78 is 0. The number of phenols is 1. The standard InChI is InChI=1S/C16H13Cl2NO4S/c17-12-3-1-9(5-13(12)18)7-24-8-15(21)19-14-4-2-10(20)6-11(14)16(22)23/h1-6,20H,7-8H2,(H,19,21)(H,22,23). The van der Waals surface area contributed by atoms with Crippen molar-refractivity contribution in [1.29, 1.82) is 0 Å². The summed E-state index contributed by atoms with van der Waals surface area (Å²) in [5.41, 5.74) is 0.899. The van der Waals surface area contributed by atoms with Gasteiger partial charge in [-0.1, -0.05) is 29.3 Å². The molecule has 8 heteroatoms. The Morgan fingerprint density at radius 1 is 1.08 bits per heavy atom. The number of carbonyl (C=O) groups excluding carboxylic acids is 1. The Hall–Kier alpha value is -1.89. The van der Waals surface area contributed by atoms with Crippen LogP contribution >= 0.6 is 35.0 Å². The third-order valence-electron chi connectivity index (χ3n) is 2.99. The molecule has 0 aliphatic carbocycles. The van der Waals surface area contributed by atoms with Crippen LogP contribution in [-0.4, -0.2) is 27.8 Å². The molecular weight excluding hydrogens is 373 g/mol. The van der Waals surface area contributed by atoms with Crippen molar-refractivity contribution in [2.75, 3.05) is 11.1 Å². The van der Waals surface area contributed by atoms with Gasteiger partial charge in [0.15, 0.2) is 0 Å². The molecular formula is C16H13Cl2NO4S. The summed E-state index contributed by atoms with van der Waals surface area (Å²) in [5.74, 6) is -1.05. The zero-order valence-corrected chi connectivity index (χ0v) is 14.6. The van der Waals surface area contributed by atoms with E-state index in [1.54, 1.807) is 12.1 Å². The quantitative estimate of drug-likeness (QED) is 0.646. The molecule has 0 saturated carbocycles. The van der Waals surface area contributed by atoms with Crippen LogP contribution in [0.3, 0.4) is 0 Å². The summed E-state index contributed by atoms with van der Waals surface area (Å²) in [6, 6.07) is 8.99. The molecule has 5 nitrogen and oxygen atoms in total. The third kappa shape index (κ3) is 5.06. The molecule has 126 valence electrons. The lowest BCUT2D eigenvalue weighted by molar-refractivity contribution is -0.113. The summed E-state index contributed by atoms with van der Waals surface area (Å²) in [6.07, 6.45) is 0. The van der Waals surface area contributed by atoms with Crippen LogP contribution in [0.15, 0.2) is 36.4 Å². The number of carbonyl (C=O) groups is 2. The van der Waals surface area contributed by atoms with E-state index in [9.17, 15) is 14.7 Å². The van der Waals surface area contributed by atoms with Gasteiger partial charge >= 0.3 is 5.97 Å². The fourth-order valence-electron chi connectivity index (χ4n) is 1.90. The Labute approximate surface area is 152 Å². The second-order valence-corrected chi connectivity index (χ2v) is 6.62. The fraction of sp³-hybridized carbons (Fsp3) is 0.125. The molecule has 0 saturated heterocycles. The maximum atomic E-state index is 11.9. The summed E-state index contributed by atoms with van der Waals surface area (Å²) in [4.78, 5) is 23.1. The van der Waals surface area contributed by atoms with Crippen LogP contribution in [0.2, 0.25) is 10.0 Å². The number of hydrogen-bond donors (Lipinski definition) is 3. The Bertz CT molecular complexity index is 783. The van der Waals surface area contributed by atoms with E-state index in [0.717, 1.165) is 11.6 Å². The highest BCUT2D eigenvalue weighted by molar-refractivity contribution is 7.99. The first kappa shape index (κ1) is 18.4.